The van der Waals surface area contributed by atoms with E-state index >= 15 is 0 Å². The molecule has 4 aromatic rings. The first-order chi connectivity index (χ1) is 12.8. The fraction of sp³-hybridized carbons (Fsp3) is 0.0500. The number of nitrogens with zero attached hydrogens (tertiary/aromatic N) is 2. The first-order valence-corrected chi connectivity index (χ1v) is 8.19. The van der Waals surface area contributed by atoms with Crippen molar-refractivity contribution >= 4 is 28.7 Å². The second kappa shape index (κ2) is 7.06. The van der Waals surface area contributed by atoms with E-state index in [-0.39, 0.29) is 5.91 Å². The Kier molecular flexibility index (Phi) is 4.30. The van der Waals surface area contributed by atoms with Crippen LogP contribution >= 0.6 is 0 Å². The number of pyridine rings is 1. The van der Waals surface area contributed by atoms with Crippen LogP contribution in [0.4, 0.5) is 11.7 Å². The molecule has 0 fully saturated rings. The number of hydrogen-bond donors (Lipinski definition) is 2. The van der Waals surface area contributed by atoms with Gasteiger partial charge in [0.15, 0.2) is 5.58 Å². The third-order valence-corrected chi connectivity index (χ3v) is 3.82. The number of anilines is 2. The molecule has 0 bridgehead atoms. The Bertz CT molecular complexity index is 1010. The third-order valence-electron chi connectivity index (χ3n) is 3.82. The highest BCUT2D eigenvalue weighted by atomic mass is 16.4. The summed E-state index contributed by atoms with van der Waals surface area (Å²) in [5, 5.41) is 6.01. The van der Waals surface area contributed by atoms with Crippen molar-refractivity contribution in [2.45, 2.75) is 6.54 Å². The van der Waals surface area contributed by atoms with Crippen molar-refractivity contribution in [3.05, 3.63) is 84.2 Å². The Morgan fingerprint density at radius 2 is 1.88 bits per heavy atom. The molecule has 6 nitrogen and oxygen atoms in total. The topological polar surface area (TPSA) is 80.0 Å². The second-order valence-corrected chi connectivity index (χ2v) is 5.71. The summed E-state index contributed by atoms with van der Waals surface area (Å²) >= 11 is 0. The number of para-hydroxylation sites is 2. The summed E-state index contributed by atoms with van der Waals surface area (Å²) in [5.74, 6) is -0.241. The monoisotopic (exact) mass is 344 g/mol. The number of carbonyl (C=O) groups is 1. The first kappa shape index (κ1) is 15.8. The minimum Gasteiger partial charge on any atom is -0.424 e. The van der Waals surface area contributed by atoms with Crippen molar-refractivity contribution in [3.8, 4) is 0 Å². The van der Waals surface area contributed by atoms with Gasteiger partial charge < -0.3 is 15.1 Å². The van der Waals surface area contributed by atoms with Crippen molar-refractivity contribution in [3.63, 3.8) is 0 Å². The van der Waals surface area contributed by atoms with Crippen LogP contribution in [0.5, 0.6) is 0 Å². The van der Waals surface area contributed by atoms with E-state index in [0.29, 0.717) is 23.9 Å². The molecule has 0 spiro atoms. The maximum atomic E-state index is 12.2. The van der Waals surface area contributed by atoms with Crippen LogP contribution in [0.2, 0.25) is 0 Å². The Balaban J connectivity index is 1.43. The maximum Gasteiger partial charge on any atom is 0.295 e. The average Bonchev–Trinajstić information content (AvgIpc) is 3.10. The zero-order chi connectivity index (χ0) is 17.8. The number of benzene rings is 2. The lowest BCUT2D eigenvalue weighted by Gasteiger charge is -2.07. The van der Waals surface area contributed by atoms with E-state index in [9.17, 15) is 4.79 Å². The van der Waals surface area contributed by atoms with E-state index in [2.05, 4.69) is 20.6 Å². The summed E-state index contributed by atoms with van der Waals surface area (Å²) in [5.41, 5.74) is 3.63. The number of rotatable bonds is 5. The second-order valence-electron chi connectivity index (χ2n) is 5.71. The molecule has 0 saturated heterocycles. The lowest BCUT2D eigenvalue weighted by Crippen LogP contribution is -2.13. The van der Waals surface area contributed by atoms with Crippen LogP contribution in [0.3, 0.4) is 0 Å². The molecule has 1 amide bonds. The highest BCUT2D eigenvalue weighted by molar-refractivity contribution is 6.02. The van der Waals surface area contributed by atoms with Gasteiger partial charge in [-0.3, -0.25) is 9.78 Å². The van der Waals surface area contributed by atoms with Crippen molar-refractivity contribution in [2.24, 2.45) is 0 Å². The zero-order valence-electron chi connectivity index (χ0n) is 13.8. The molecule has 2 N–H and O–H groups in total. The van der Waals surface area contributed by atoms with E-state index < -0.39 is 0 Å². The summed E-state index contributed by atoms with van der Waals surface area (Å²) in [6.07, 6.45) is 1.59. The Labute approximate surface area is 149 Å². The van der Waals surface area contributed by atoms with E-state index in [1.807, 2.05) is 48.5 Å². The Morgan fingerprint density at radius 3 is 2.73 bits per heavy atom. The number of oxazole rings is 1. The van der Waals surface area contributed by atoms with Crippen molar-refractivity contribution in [2.75, 3.05) is 10.6 Å². The molecular formula is C20H16N4O2. The number of nitrogens with one attached hydrogen (secondary N) is 2. The van der Waals surface area contributed by atoms with Gasteiger partial charge in [0.05, 0.1) is 0 Å². The average molecular weight is 344 g/mol. The standard InChI is InChI=1S/C20H16N4O2/c25-19(17-9-3-4-11-21-17)23-15-7-5-6-14(12-15)13-22-20-24-16-8-1-2-10-18(16)26-20/h1-12H,13H2,(H,22,24)(H,23,25). The summed E-state index contributed by atoms with van der Waals surface area (Å²) in [6, 6.07) is 20.9. The Morgan fingerprint density at radius 1 is 1.00 bits per heavy atom. The molecule has 0 saturated carbocycles. The van der Waals surface area contributed by atoms with E-state index in [1.54, 1.807) is 24.4 Å². The van der Waals surface area contributed by atoms with Crippen LogP contribution in [0, 0.1) is 0 Å². The highest BCUT2D eigenvalue weighted by Crippen LogP contribution is 2.19. The lowest BCUT2D eigenvalue weighted by atomic mass is 10.2. The maximum absolute atomic E-state index is 12.2. The summed E-state index contributed by atoms with van der Waals surface area (Å²) < 4.78 is 5.64. The van der Waals surface area contributed by atoms with Gasteiger partial charge in [-0.25, -0.2) is 0 Å². The smallest absolute Gasteiger partial charge is 0.295 e. The fourth-order valence-electron chi connectivity index (χ4n) is 2.58. The summed E-state index contributed by atoms with van der Waals surface area (Å²) in [4.78, 5) is 20.6. The molecule has 2 aromatic carbocycles. The molecule has 0 aliphatic heterocycles. The Hall–Kier alpha value is -3.67. The third kappa shape index (κ3) is 3.54. The van der Waals surface area contributed by atoms with Gasteiger partial charge in [0.2, 0.25) is 0 Å². The quantitative estimate of drug-likeness (QED) is 0.570. The van der Waals surface area contributed by atoms with E-state index in [4.69, 9.17) is 4.42 Å². The molecule has 0 aliphatic carbocycles. The highest BCUT2D eigenvalue weighted by Gasteiger charge is 2.08. The fourth-order valence-corrected chi connectivity index (χ4v) is 2.58. The minimum atomic E-state index is -0.241. The van der Waals surface area contributed by atoms with Crippen LogP contribution in [0.1, 0.15) is 16.1 Å². The van der Waals surface area contributed by atoms with Crippen molar-refractivity contribution in [1.82, 2.24) is 9.97 Å². The number of amides is 1. The summed E-state index contributed by atoms with van der Waals surface area (Å²) in [7, 11) is 0. The van der Waals surface area contributed by atoms with Gasteiger partial charge in [-0.2, -0.15) is 4.98 Å². The number of hydrogen-bond acceptors (Lipinski definition) is 5. The van der Waals surface area contributed by atoms with E-state index in [1.165, 1.54) is 0 Å². The molecular weight excluding hydrogens is 328 g/mol. The molecule has 4 rings (SSSR count). The molecule has 128 valence electrons. The zero-order valence-corrected chi connectivity index (χ0v) is 13.8. The van der Waals surface area contributed by atoms with Gasteiger partial charge in [-0.05, 0) is 42.0 Å². The molecule has 6 heteroatoms. The van der Waals surface area contributed by atoms with Crippen LogP contribution < -0.4 is 10.6 Å². The number of aromatic nitrogens is 2. The van der Waals surface area contributed by atoms with Gasteiger partial charge in [0, 0.05) is 18.4 Å². The normalized spacial score (nSPS) is 10.6. The summed E-state index contributed by atoms with van der Waals surface area (Å²) in [6.45, 7) is 0.528. The number of fused-ring (bicyclic) bond motifs is 1. The SMILES string of the molecule is O=C(Nc1cccc(CNc2nc3ccccc3o2)c1)c1ccccn1. The predicted octanol–water partition coefficient (Wildman–Crippen LogP) is 4.09. The molecule has 2 heterocycles. The molecule has 26 heavy (non-hydrogen) atoms. The van der Waals surface area contributed by atoms with Gasteiger partial charge in [0.25, 0.3) is 11.9 Å². The van der Waals surface area contributed by atoms with Crippen LogP contribution in [-0.2, 0) is 6.54 Å². The predicted molar refractivity (Wildman–Crippen MR) is 100.0 cm³/mol. The minimum absolute atomic E-state index is 0.241. The largest absolute Gasteiger partial charge is 0.424 e. The van der Waals surface area contributed by atoms with Gasteiger partial charge in [-0.15, -0.1) is 0 Å². The van der Waals surface area contributed by atoms with Crippen LogP contribution in [0.15, 0.2) is 77.3 Å². The first-order valence-electron chi connectivity index (χ1n) is 8.19. The van der Waals surface area contributed by atoms with Gasteiger partial charge in [0.1, 0.15) is 11.2 Å². The van der Waals surface area contributed by atoms with Crippen LogP contribution in [0.25, 0.3) is 11.1 Å². The number of carbonyl (C=O) groups excluding carboxylic acids is 1. The molecule has 0 radical (unpaired) electrons. The molecule has 0 unspecified atom stereocenters. The van der Waals surface area contributed by atoms with Crippen LogP contribution in [-0.4, -0.2) is 15.9 Å². The van der Waals surface area contributed by atoms with E-state index in [0.717, 1.165) is 16.7 Å². The lowest BCUT2D eigenvalue weighted by molar-refractivity contribution is 0.102. The molecule has 0 atom stereocenters. The molecule has 0 aliphatic rings. The van der Waals surface area contributed by atoms with Gasteiger partial charge in [-0.1, -0.05) is 30.3 Å². The molecule has 2 aromatic heterocycles. The van der Waals surface area contributed by atoms with Crippen molar-refractivity contribution in [1.29, 1.82) is 0 Å². The van der Waals surface area contributed by atoms with Gasteiger partial charge >= 0.3 is 0 Å². The van der Waals surface area contributed by atoms with Crippen molar-refractivity contribution < 1.29 is 9.21 Å².